The van der Waals surface area contributed by atoms with E-state index in [1.807, 2.05) is 20.8 Å². The van der Waals surface area contributed by atoms with E-state index in [9.17, 15) is 22.8 Å². The van der Waals surface area contributed by atoms with Gasteiger partial charge in [-0.15, -0.1) is 0 Å². The van der Waals surface area contributed by atoms with Crippen molar-refractivity contribution in [2.75, 3.05) is 18.8 Å². The zero-order valence-corrected chi connectivity index (χ0v) is 21.2. The maximum absolute atomic E-state index is 13.0. The second-order valence-electron chi connectivity index (χ2n) is 10.1. The largest absolute Gasteiger partial charge is 0.444 e. The second-order valence-corrected chi connectivity index (χ2v) is 10.1. The Morgan fingerprint density at radius 3 is 2.58 bits per heavy atom. The number of benzene rings is 1. The zero-order chi connectivity index (χ0) is 27.7. The van der Waals surface area contributed by atoms with Crippen LogP contribution in [0.15, 0.2) is 41.2 Å². The fraction of sp³-hybridized carbons (Fsp3) is 0.440. The number of nitrogens with two attached hydrogens (primary N) is 1. The Labute approximate surface area is 216 Å². The average molecular weight is 535 g/mol. The smallest absolute Gasteiger partial charge is 0.416 e. The molecule has 1 aliphatic rings. The number of likely N-dealkylation sites (tertiary alicyclic amines) is 1. The maximum atomic E-state index is 13.0. The fourth-order valence-electron chi connectivity index (χ4n) is 4.15. The molecule has 2 aromatic heterocycles. The molecule has 0 unspecified atom stereocenters. The Kier molecular flexibility index (Phi) is 7.38. The van der Waals surface area contributed by atoms with Gasteiger partial charge in [-0.05, 0) is 51.3 Å². The summed E-state index contributed by atoms with van der Waals surface area (Å²) in [5.74, 6) is -0.866. The van der Waals surface area contributed by atoms with Crippen molar-refractivity contribution < 1.29 is 32.0 Å². The summed E-state index contributed by atoms with van der Waals surface area (Å²) in [6.45, 7) is 6.32. The molecule has 0 bridgehead atoms. The number of halogens is 3. The van der Waals surface area contributed by atoms with Gasteiger partial charge in [0.2, 0.25) is 5.88 Å². The summed E-state index contributed by atoms with van der Waals surface area (Å²) < 4.78 is 51.2. The molecule has 1 aromatic carbocycles. The Morgan fingerprint density at radius 2 is 1.92 bits per heavy atom. The molecular formula is C25H29F3N6O4. The van der Waals surface area contributed by atoms with Crippen LogP contribution in [0.25, 0.3) is 11.3 Å². The normalized spacial score (nSPS) is 14.9. The molecule has 4 rings (SSSR count). The van der Waals surface area contributed by atoms with Crippen LogP contribution < -0.4 is 11.1 Å². The number of amides is 2. The quantitative estimate of drug-likeness (QED) is 0.488. The second kappa shape index (κ2) is 10.4. The Morgan fingerprint density at radius 1 is 1.21 bits per heavy atom. The minimum absolute atomic E-state index is 0.0184. The van der Waals surface area contributed by atoms with Crippen molar-refractivity contribution in [1.29, 1.82) is 0 Å². The lowest BCUT2D eigenvalue weighted by atomic mass is 10.1. The SMILES string of the molecule is CC(C)(C)OC(=O)N1CCC(n2cc(-c3noc(N)c3C(=O)NCc3cccc(C(F)(F)F)c3)cn2)CC1. The lowest BCUT2D eigenvalue weighted by Crippen LogP contribution is -2.42. The van der Waals surface area contributed by atoms with Gasteiger partial charge in [-0.25, -0.2) is 4.79 Å². The van der Waals surface area contributed by atoms with Gasteiger partial charge in [0.05, 0.1) is 17.8 Å². The number of ether oxygens (including phenoxy) is 1. The molecule has 10 nitrogen and oxygen atoms in total. The predicted octanol–water partition coefficient (Wildman–Crippen LogP) is 4.64. The van der Waals surface area contributed by atoms with Crippen molar-refractivity contribution in [3.05, 3.63) is 53.3 Å². The standard InChI is InChI=1S/C25H29F3N6O4/c1-24(2,3)37-23(36)33-9-7-18(8-10-33)34-14-16(13-31-34)20-19(21(29)38-32-20)22(35)30-12-15-5-4-6-17(11-15)25(26,27)28/h4-6,11,13-14,18H,7-10,12,29H2,1-3H3,(H,30,35). The number of anilines is 1. The number of rotatable bonds is 5. The van der Waals surface area contributed by atoms with Crippen LogP contribution in [0.2, 0.25) is 0 Å². The van der Waals surface area contributed by atoms with E-state index >= 15 is 0 Å². The Bertz CT molecular complexity index is 1300. The van der Waals surface area contributed by atoms with Crippen molar-refractivity contribution in [3.63, 3.8) is 0 Å². The molecule has 2 amide bonds. The van der Waals surface area contributed by atoms with Crippen LogP contribution in [0.5, 0.6) is 0 Å². The molecule has 3 aromatic rings. The molecular weight excluding hydrogens is 505 g/mol. The Hall–Kier alpha value is -4.03. The number of alkyl halides is 3. The number of hydrogen-bond acceptors (Lipinski definition) is 7. The summed E-state index contributed by atoms with van der Waals surface area (Å²) in [5.41, 5.74) is 5.38. The third-order valence-electron chi connectivity index (χ3n) is 6.02. The van der Waals surface area contributed by atoms with Gasteiger partial charge >= 0.3 is 12.3 Å². The number of nitrogen functional groups attached to an aromatic ring is 1. The van der Waals surface area contributed by atoms with Crippen LogP contribution in [-0.4, -0.2) is 50.5 Å². The molecule has 0 saturated carbocycles. The van der Waals surface area contributed by atoms with Crippen molar-refractivity contribution >= 4 is 17.9 Å². The maximum Gasteiger partial charge on any atom is 0.416 e. The van der Waals surface area contributed by atoms with Crippen LogP contribution >= 0.6 is 0 Å². The lowest BCUT2D eigenvalue weighted by molar-refractivity contribution is -0.137. The van der Waals surface area contributed by atoms with Crippen LogP contribution in [0.3, 0.4) is 0 Å². The fourth-order valence-corrected chi connectivity index (χ4v) is 4.15. The zero-order valence-electron chi connectivity index (χ0n) is 21.2. The predicted molar refractivity (Wildman–Crippen MR) is 131 cm³/mol. The number of hydrogen-bond donors (Lipinski definition) is 2. The van der Waals surface area contributed by atoms with Gasteiger partial charge in [0.25, 0.3) is 5.91 Å². The number of nitrogens with zero attached hydrogens (tertiary/aromatic N) is 4. The lowest BCUT2D eigenvalue weighted by Gasteiger charge is -2.33. The van der Waals surface area contributed by atoms with E-state index in [0.717, 1.165) is 12.1 Å². The number of nitrogens with one attached hydrogen (secondary N) is 1. The first kappa shape index (κ1) is 27.0. The van der Waals surface area contributed by atoms with E-state index in [2.05, 4.69) is 15.6 Å². The van der Waals surface area contributed by atoms with Crippen LogP contribution in [0, 0.1) is 0 Å². The highest BCUT2D eigenvalue weighted by atomic mass is 19.4. The van der Waals surface area contributed by atoms with E-state index in [4.69, 9.17) is 15.0 Å². The molecule has 38 heavy (non-hydrogen) atoms. The number of carbonyl (C=O) groups is 2. The minimum Gasteiger partial charge on any atom is -0.444 e. The van der Waals surface area contributed by atoms with Crippen LogP contribution in [0.1, 0.15) is 61.1 Å². The molecule has 0 spiro atoms. The van der Waals surface area contributed by atoms with Crippen LogP contribution in [0.4, 0.5) is 23.8 Å². The van der Waals surface area contributed by atoms with Crippen molar-refractivity contribution in [2.45, 2.75) is 58.0 Å². The summed E-state index contributed by atoms with van der Waals surface area (Å²) >= 11 is 0. The van der Waals surface area contributed by atoms with E-state index in [1.165, 1.54) is 18.3 Å². The van der Waals surface area contributed by atoms with E-state index in [1.54, 1.807) is 15.8 Å². The van der Waals surface area contributed by atoms with Crippen molar-refractivity contribution in [3.8, 4) is 11.3 Å². The topological polar surface area (TPSA) is 129 Å². The summed E-state index contributed by atoms with van der Waals surface area (Å²) in [4.78, 5) is 26.9. The summed E-state index contributed by atoms with van der Waals surface area (Å²) in [6, 6.07) is 4.70. The highest BCUT2D eigenvalue weighted by molar-refractivity contribution is 6.03. The highest BCUT2D eigenvalue weighted by Crippen LogP contribution is 2.31. The first-order chi connectivity index (χ1) is 17.8. The molecule has 0 aliphatic carbocycles. The van der Waals surface area contributed by atoms with Gasteiger partial charge in [0, 0.05) is 31.4 Å². The Balaban J connectivity index is 1.41. The first-order valence-electron chi connectivity index (χ1n) is 12.0. The average Bonchev–Trinajstić information content (AvgIpc) is 3.48. The van der Waals surface area contributed by atoms with Gasteiger partial charge in [-0.1, -0.05) is 17.3 Å². The minimum atomic E-state index is -4.49. The van der Waals surface area contributed by atoms with E-state index < -0.39 is 23.2 Å². The summed E-state index contributed by atoms with van der Waals surface area (Å²) in [6.07, 6.45) is -0.276. The summed E-state index contributed by atoms with van der Waals surface area (Å²) in [5, 5.41) is 10.9. The van der Waals surface area contributed by atoms with Crippen molar-refractivity contribution in [1.82, 2.24) is 25.2 Å². The molecule has 1 saturated heterocycles. The molecule has 1 fully saturated rings. The molecule has 1 aliphatic heterocycles. The molecule has 0 atom stereocenters. The third-order valence-corrected chi connectivity index (χ3v) is 6.02. The molecule has 3 heterocycles. The third kappa shape index (κ3) is 6.26. The molecule has 3 N–H and O–H groups in total. The molecule has 0 radical (unpaired) electrons. The number of carbonyl (C=O) groups excluding carboxylic acids is 2. The molecule has 204 valence electrons. The number of piperidine rings is 1. The highest BCUT2D eigenvalue weighted by Gasteiger charge is 2.31. The van der Waals surface area contributed by atoms with Gasteiger partial charge in [0.1, 0.15) is 16.9 Å². The van der Waals surface area contributed by atoms with Gasteiger partial charge in [0.15, 0.2) is 0 Å². The van der Waals surface area contributed by atoms with E-state index in [-0.39, 0.29) is 41.4 Å². The first-order valence-corrected chi connectivity index (χ1v) is 12.0. The molecule has 13 heteroatoms. The van der Waals surface area contributed by atoms with Crippen LogP contribution in [-0.2, 0) is 17.5 Å². The van der Waals surface area contributed by atoms with Gasteiger partial charge in [-0.2, -0.15) is 18.3 Å². The van der Waals surface area contributed by atoms with Crippen molar-refractivity contribution in [2.24, 2.45) is 0 Å². The van der Waals surface area contributed by atoms with Gasteiger partial charge < -0.3 is 25.2 Å². The van der Waals surface area contributed by atoms with Gasteiger partial charge in [-0.3, -0.25) is 9.48 Å². The summed E-state index contributed by atoms with van der Waals surface area (Å²) in [7, 11) is 0. The van der Waals surface area contributed by atoms with E-state index in [0.29, 0.717) is 31.5 Å². The number of aromatic nitrogens is 3. The monoisotopic (exact) mass is 534 g/mol.